The largest absolute Gasteiger partial charge is 0.351 e. The third-order valence-corrected chi connectivity index (χ3v) is 11.4. The lowest BCUT2D eigenvalue weighted by Gasteiger charge is -2.46. The number of aromatic nitrogens is 3. The number of fused-ring (bicyclic) bond motifs is 3. The number of piperidine rings is 2. The fourth-order valence-corrected chi connectivity index (χ4v) is 8.51. The summed E-state index contributed by atoms with van der Waals surface area (Å²) in [6.45, 7) is 2.03. The van der Waals surface area contributed by atoms with E-state index in [2.05, 4.69) is 21.5 Å². The van der Waals surface area contributed by atoms with Crippen LogP contribution in [0.5, 0.6) is 0 Å². The van der Waals surface area contributed by atoms with E-state index in [1.54, 1.807) is 29.9 Å². The van der Waals surface area contributed by atoms with Gasteiger partial charge in [0.1, 0.15) is 17.3 Å². The maximum Gasteiger partial charge on any atom is 0.325 e. The monoisotopic (exact) mass is 673 g/mol. The van der Waals surface area contributed by atoms with Crippen molar-refractivity contribution in [2.45, 2.75) is 88.0 Å². The minimum atomic E-state index is -0.956. The van der Waals surface area contributed by atoms with Crippen LogP contribution in [-0.2, 0) is 9.59 Å². The molecular weight excluding hydrogens is 630 g/mol. The Morgan fingerprint density at radius 2 is 1.64 bits per heavy atom. The molecule has 5 aliphatic rings. The van der Waals surface area contributed by atoms with Crippen LogP contribution in [0.3, 0.4) is 0 Å². The smallest absolute Gasteiger partial charge is 0.325 e. The molecule has 0 radical (unpaired) electrons. The normalized spacial score (nSPS) is 24.1. The molecule has 3 aliphatic heterocycles. The number of likely N-dealkylation sites (N-methyl/N-ethyl adjacent to an activating group) is 1. The SMILES string of the molecule is Cc1ccccc1C(c1cn(C2CCCC2)nc1-c1ccccc1)n1cccc(N2C[C@H](C(=O)NC34CCC(CC3)NC4=O)N(C)C2=O)c1=O. The van der Waals surface area contributed by atoms with Crippen LogP contribution in [0.1, 0.15) is 80.1 Å². The highest BCUT2D eigenvalue weighted by Gasteiger charge is 2.50. The summed E-state index contributed by atoms with van der Waals surface area (Å²) >= 11 is 0. The van der Waals surface area contributed by atoms with Gasteiger partial charge in [0.2, 0.25) is 11.8 Å². The lowest BCUT2D eigenvalue weighted by molar-refractivity contribution is -0.140. The molecule has 1 unspecified atom stereocenters. The number of pyridine rings is 1. The third kappa shape index (κ3) is 5.39. The van der Waals surface area contributed by atoms with Gasteiger partial charge >= 0.3 is 6.03 Å². The Morgan fingerprint density at radius 3 is 2.36 bits per heavy atom. The van der Waals surface area contributed by atoms with Gasteiger partial charge in [-0.25, -0.2) is 4.79 Å². The highest BCUT2D eigenvalue weighted by molar-refractivity contribution is 6.02. The molecule has 4 aromatic rings. The van der Waals surface area contributed by atoms with Crippen molar-refractivity contribution < 1.29 is 14.4 Å². The molecule has 258 valence electrons. The molecule has 11 nitrogen and oxygen atoms in total. The number of carbonyl (C=O) groups is 3. The number of nitrogens with zero attached hydrogens (tertiary/aromatic N) is 5. The lowest BCUT2D eigenvalue weighted by Crippen LogP contribution is -2.69. The van der Waals surface area contributed by atoms with Gasteiger partial charge in [-0.3, -0.25) is 24.0 Å². The predicted octanol–water partition coefficient (Wildman–Crippen LogP) is 4.94. The maximum atomic E-state index is 14.7. The molecule has 4 amide bonds. The number of urea groups is 1. The van der Waals surface area contributed by atoms with Crippen LogP contribution in [0, 0.1) is 6.92 Å². The van der Waals surface area contributed by atoms with Crippen molar-refractivity contribution >= 4 is 23.5 Å². The van der Waals surface area contributed by atoms with E-state index in [9.17, 15) is 19.2 Å². The fourth-order valence-electron chi connectivity index (χ4n) is 8.51. The number of anilines is 1. The van der Waals surface area contributed by atoms with Crippen molar-refractivity contribution in [3.63, 3.8) is 0 Å². The Hall–Kier alpha value is -5.19. The highest BCUT2D eigenvalue weighted by atomic mass is 16.2. The molecule has 9 rings (SSSR count). The van der Waals surface area contributed by atoms with E-state index >= 15 is 0 Å². The van der Waals surface area contributed by atoms with Crippen molar-refractivity contribution in [1.82, 2.24) is 29.9 Å². The summed E-state index contributed by atoms with van der Waals surface area (Å²) in [6.07, 6.45) is 11.1. The van der Waals surface area contributed by atoms with Crippen LogP contribution in [0.2, 0.25) is 0 Å². The molecule has 2 aliphatic carbocycles. The molecule has 5 heterocycles. The average Bonchev–Trinajstić information content (AvgIpc) is 3.88. The van der Waals surface area contributed by atoms with Gasteiger partial charge in [0.05, 0.1) is 24.3 Å². The minimum absolute atomic E-state index is 0.00927. The van der Waals surface area contributed by atoms with Crippen molar-refractivity contribution in [3.05, 3.63) is 106 Å². The molecule has 2 bridgehead atoms. The summed E-state index contributed by atoms with van der Waals surface area (Å²) < 4.78 is 3.79. The summed E-state index contributed by atoms with van der Waals surface area (Å²) in [5.41, 5.74) is 3.55. The number of amides is 4. The first-order chi connectivity index (χ1) is 24.2. The zero-order valence-corrected chi connectivity index (χ0v) is 28.5. The van der Waals surface area contributed by atoms with Gasteiger partial charge < -0.3 is 20.1 Å². The van der Waals surface area contributed by atoms with Gasteiger partial charge in [-0.15, -0.1) is 0 Å². The highest BCUT2D eigenvalue weighted by Crippen LogP contribution is 2.38. The Bertz CT molecular complexity index is 2010. The number of carbonyl (C=O) groups excluding carboxylic acids is 3. The predicted molar refractivity (Wildman–Crippen MR) is 190 cm³/mol. The van der Waals surface area contributed by atoms with Gasteiger partial charge in [-0.05, 0) is 68.7 Å². The number of rotatable bonds is 8. The van der Waals surface area contributed by atoms with Gasteiger partial charge in [-0.1, -0.05) is 67.4 Å². The second-order valence-electron chi connectivity index (χ2n) is 14.4. The van der Waals surface area contributed by atoms with Crippen LogP contribution in [0.25, 0.3) is 11.3 Å². The molecular formula is C39H43N7O4. The summed E-state index contributed by atoms with van der Waals surface area (Å²) in [5.74, 6) is -0.545. The molecule has 5 fully saturated rings. The lowest BCUT2D eigenvalue weighted by atomic mass is 9.74. The number of hydrogen-bond donors (Lipinski definition) is 2. The number of nitrogens with one attached hydrogen (secondary N) is 2. The average molecular weight is 674 g/mol. The minimum Gasteiger partial charge on any atom is -0.351 e. The van der Waals surface area contributed by atoms with Crippen molar-refractivity contribution in [3.8, 4) is 11.3 Å². The zero-order valence-electron chi connectivity index (χ0n) is 28.5. The van der Waals surface area contributed by atoms with Gasteiger partial charge in [0.25, 0.3) is 5.56 Å². The quantitative estimate of drug-likeness (QED) is 0.275. The summed E-state index contributed by atoms with van der Waals surface area (Å²) in [5, 5.41) is 11.2. The van der Waals surface area contributed by atoms with Crippen molar-refractivity contribution in [2.75, 3.05) is 18.5 Å². The van der Waals surface area contributed by atoms with Crippen LogP contribution in [0.4, 0.5) is 10.5 Å². The second kappa shape index (κ2) is 12.6. The van der Waals surface area contributed by atoms with E-state index in [1.165, 1.54) is 9.80 Å². The molecule has 2 N–H and O–H groups in total. The first kappa shape index (κ1) is 32.0. The standard InChI is InChI=1S/C39H43N7O4/c1-25-11-6-9-16-29(25)34(30-23-46(28-14-7-8-15-28)42-33(30)26-12-4-3-5-13-26)44-22-10-17-31(36(44)48)45-24-32(43(2)38(45)50)35(47)41-39-20-18-27(19-21-39)40-37(39)49/h3-6,9-13,16-17,22-23,27-28,32,34H,7-8,14-15,18-21,24H2,1-2H3,(H,40,49)(H,41,47)/t27?,32-,34?,39?/m1/s1. The van der Waals surface area contributed by atoms with Crippen molar-refractivity contribution in [2.24, 2.45) is 0 Å². The zero-order chi connectivity index (χ0) is 34.6. The fraction of sp³-hybridized carbons (Fsp3) is 0.410. The Balaban J connectivity index is 1.18. The molecule has 2 aromatic heterocycles. The Morgan fingerprint density at radius 1 is 0.920 bits per heavy atom. The van der Waals surface area contributed by atoms with E-state index in [0.29, 0.717) is 18.9 Å². The molecule has 11 heteroatoms. The van der Waals surface area contributed by atoms with E-state index < -0.39 is 23.7 Å². The Labute approximate surface area is 291 Å². The molecule has 2 atom stereocenters. The van der Waals surface area contributed by atoms with Crippen molar-refractivity contribution in [1.29, 1.82) is 0 Å². The molecule has 2 aromatic carbocycles. The summed E-state index contributed by atoms with van der Waals surface area (Å²) in [6, 6.07) is 20.2. The summed E-state index contributed by atoms with van der Waals surface area (Å²) in [4.78, 5) is 57.9. The van der Waals surface area contributed by atoms with Crippen LogP contribution in [-0.4, -0.2) is 68.3 Å². The molecule has 50 heavy (non-hydrogen) atoms. The van der Waals surface area contributed by atoms with Crippen LogP contribution >= 0.6 is 0 Å². The molecule has 2 saturated carbocycles. The first-order valence-electron chi connectivity index (χ1n) is 17.8. The number of aryl methyl sites for hydroxylation is 1. The maximum absolute atomic E-state index is 14.7. The number of hydrogen-bond acceptors (Lipinski definition) is 5. The summed E-state index contributed by atoms with van der Waals surface area (Å²) in [7, 11) is 1.57. The topological polar surface area (TPSA) is 122 Å². The number of benzene rings is 2. The van der Waals surface area contributed by atoms with Crippen LogP contribution < -0.4 is 21.1 Å². The van der Waals surface area contributed by atoms with Crippen LogP contribution in [0.15, 0.2) is 83.9 Å². The van der Waals surface area contributed by atoms with E-state index in [-0.39, 0.29) is 35.6 Å². The van der Waals surface area contributed by atoms with Gasteiger partial charge in [-0.2, -0.15) is 5.10 Å². The van der Waals surface area contributed by atoms with Gasteiger partial charge in [0, 0.05) is 36.6 Å². The molecule has 0 spiro atoms. The van der Waals surface area contributed by atoms with E-state index in [0.717, 1.165) is 66.5 Å². The molecule has 3 saturated heterocycles. The van der Waals surface area contributed by atoms with E-state index in [1.807, 2.05) is 61.5 Å². The first-order valence-corrected chi connectivity index (χ1v) is 17.8. The van der Waals surface area contributed by atoms with Gasteiger partial charge in [0.15, 0.2) is 0 Å². The Kier molecular flexibility index (Phi) is 8.08. The second-order valence-corrected chi connectivity index (χ2v) is 14.4. The third-order valence-electron chi connectivity index (χ3n) is 11.4. The van der Waals surface area contributed by atoms with E-state index in [4.69, 9.17) is 5.10 Å².